The first-order chi connectivity index (χ1) is 10.2. The Balaban J connectivity index is 0.00000176. The number of aryl methyl sites for hydroxylation is 1. The average Bonchev–Trinajstić information content (AvgIpc) is 2.51. The maximum atomic E-state index is 4.27. The summed E-state index contributed by atoms with van der Waals surface area (Å²) in [6.07, 6.45) is 3.82. The summed E-state index contributed by atoms with van der Waals surface area (Å²) >= 11 is 3.54. The Labute approximate surface area is 146 Å². The molecule has 0 saturated carbocycles. The molecule has 0 bridgehead atoms. The second kappa shape index (κ2) is 8.06. The fourth-order valence-corrected chi connectivity index (χ4v) is 3.37. The topological polar surface area (TPSA) is 28.2 Å². The molecule has 3 nitrogen and oxygen atoms in total. The quantitative estimate of drug-likeness (QED) is 0.877. The molecule has 1 N–H and O–H groups in total. The van der Waals surface area contributed by atoms with E-state index in [4.69, 9.17) is 0 Å². The number of pyridine rings is 1. The number of aromatic nitrogens is 1. The van der Waals surface area contributed by atoms with E-state index in [9.17, 15) is 0 Å². The van der Waals surface area contributed by atoms with Gasteiger partial charge in [-0.25, -0.2) is 0 Å². The van der Waals surface area contributed by atoms with Gasteiger partial charge in [0.15, 0.2) is 0 Å². The van der Waals surface area contributed by atoms with Crippen molar-refractivity contribution in [2.45, 2.75) is 19.5 Å². The Morgan fingerprint density at radius 3 is 2.95 bits per heavy atom. The van der Waals surface area contributed by atoms with E-state index < -0.39 is 0 Å². The van der Waals surface area contributed by atoms with E-state index in [0.29, 0.717) is 6.04 Å². The second-order valence-electron chi connectivity index (χ2n) is 5.55. The van der Waals surface area contributed by atoms with E-state index in [1.807, 2.05) is 18.5 Å². The average molecular weight is 383 g/mol. The van der Waals surface area contributed by atoms with Crippen LogP contribution in [0.1, 0.15) is 22.7 Å². The minimum atomic E-state index is 0. The number of halogens is 2. The van der Waals surface area contributed by atoms with Crippen molar-refractivity contribution in [2.75, 3.05) is 19.6 Å². The number of piperazine rings is 1. The van der Waals surface area contributed by atoms with Crippen molar-refractivity contribution >= 4 is 28.3 Å². The summed E-state index contributed by atoms with van der Waals surface area (Å²) in [6, 6.07) is 11.1. The summed E-state index contributed by atoms with van der Waals surface area (Å²) in [4.78, 5) is 6.82. The molecule has 118 valence electrons. The highest BCUT2D eigenvalue weighted by molar-refractivity contribution is 9.10. The van der Waals surface area contributed by atoms with E-state index in [1.165, 1.54) is 16.7 Å². The van der Waals surface area contributed by atoms with Crippen LogP contribution in [0.15, 0.2) is 47.2 Å². The number of benzene rings is 1. The van der Waals surface area contributed by atoms with E-state index in [-0.39, 0.29) is 12.4 Å². The van der Waals surface area contributed by atoms with Gasteiger partial charge in [-0.1, -0.05) is 28.1 Å². The highest BCUT2D eigenvalue weighted by Crippen LogP contribution is 2.25. The van der Waals surface area contributed by atoms with Crippen LogP contribution in [0.5, 0.6) is 0 Å². The van der Waals surface area contributed by atoms with Crippen LogP contribution in [0, 0.1) is 6.92 Å². The molecule has 1 aliphatic heterocycles. The Bertz CT molecular complexity index is 606. The van der Waals surface area contributed by atoms with Crippen LogP contribution in [0.2, 0.25) is 0 Å². The van der Waals surface area contributed by atoms with Gasteiger partial charge < -0.3 is 5.32 Å². The summed E-state index contributed by atoms with van der Waals surface area (Å²) in [5, 5.41) is 3.50. The van der Waals surface area contributed by atoms with Gasteiger partial charge in [0.1, 0.15) is 0 Å². The molecule has 1 aromatic heterocycles. The molecule has 0 amide bonds. The predicted molar refractivity (Wildman–Crippen MR) is 96.4 cm³/mol. The molecule has 5 heteroatoms. The van der Waals surface area contributed by atoms with Crippen LogP contribution in [-0.4, -0.2) is 29.5 Å². The molecule has 22 heavy (non-hydrogen) atoms. The minimum Gasteiger partial charge on any atom is -0.314 e. The van der Waals surface area contributed by atoms with Crippen LogP contribution in [0.25, 0.3) is 0 Å². The Morgan fingerprint density at radius 1 is 1.36 bits per heavy atom. The first-order valence-electron chi connectivity index (χ1n) is 7.34. The van der Waals surface area contributed by atoms with Crippen LogP contribution in [-0.2, 0) is 6.54 Å². The zero-order valence-electron chi connectivity index (χ0n) is 12.6. The van der Waals surface area contributed by atoms with Crippen molar-refractivity contribution in [2.24, 2.45) is 0 Å². The minimum absolute atomic E-state index is 0. The number of nitrogens with one attached hydrogen (secondary N) is 1. The standard InChI is InChI=1S/C17H20BrN3.ClH/c1-13-9-16(18)5-4-15(13)12-21-8-7-20-11-17(21)14-3-2-6-19-10-14;/h2-6,9-10,17,20H,7-8,11-12H2,1H3;1H. The van der Waals surface area contributed by atoms with Gasteiger partial charge in [0.05, 0.1) is 0 Å². The molecule has 2 aromatic rings. The molecular formula is C17H21BrClN3. The molecule has 1 saturated heterocycles. The lowest BCUT2D eigenvalue weighted by Gasteiger charge is -2.36. The molecule has 1 aromatic carbocycles. The SMILES string of the molecule is Cc1cc(Br)ccc1CN1CCNCC1c1cccnc1.Cl. The Hall–Kier alpha value is -0.940. The summed E-state index contributed by atoms with van der Waals surface area (Å²) in [5.74, 6) is 0. The van der Waals surface area contributed by atoms with Crippen molar-refractivity contribution in [3.63, 3.8) is 0 Å². The van der Waals surface area contributed by atoms with E-state index in [0.717, 1.165) is 30.7 Å². The summed E-state index contributed by atoms with van der Waals surface area (Å²) in [7, 11) is 0. The van der Waals surface area contributed by atoms with Crippen LogP contribution in [0.3, 0.4) is 0 Å². The number of rotatable bonds is 3. The van der Waals surface area contributed by atoms with Crippen LogP contribution >= 0.6 is 28.3 Å². The molecule has 0 radical (unpaired) electrons. The third kappa shape index (κ3) is 4.07. The van der Waals surface area contributed by atoms with Gasteiger partial charge in [0.2, 0.25) is 0 Å². The fraction of sp³-hybridized carbons (Fsp3) is 0.353. The zero-order valence-corrected chi connectivity index (χ0v) is 15.0. The van der Waals surface area contributed by atoms with Crippen molar-refractivity contribution in [1.82, 2.24) is 15.2 Å². The molecule has 3 rings (SSSR count). The lowest BCUT2D eigenvalue weighted by molar-refractivity contribution is 0.153. The highest BCUT2D eigenvalue weighted by Gasteiger charge is 2.24. The van der Waals surface area contributed by atoms with E-state index in [1.54, 1.807) is 0 Å². The summed E-state index contributed by atoms with van der Waals surface area (Å²) in [6.45, 7) is 6.27. The molecular weight excluding hydrogens is 362 g/mol. The molecule has 2 heterocycles. The second-order valence-corrected chi connectivity index (χ2v) is 6.46. The van der Waals surface area contributed by atoms with E-state index >= 15 is 0 Å². The monoisotopic (exact) mass is 381 g/mol. The Kier molecular flexibility index (Phi) is 6.38. The lowest BCUT2D eigenvalue weighted by atomic mass is 10.0. The summed E-state index contributed by atoms with van der Waals surface area (Å²) in [5.41, 5.74) is 4.03. The number of nitrogens with zero attached hydrogens (tertiary/aromatic N) is 2. The maximum Gasteiger partial charge on any atom is 0.0491 e. The van der Waals surface area contributed by atoms with Gasteiger partial charge >= 0.3 is 0 Å². The van der Waals surface area contributed by atoms with E-state index in [2.05, 4.69) is 62.3 Å². The van der Waals surface area contributed by atoms with Crippen molar-refractivity contribution < 1.29 is 0 Å². The number of hydrogen-bond acceptors (Lipinski definition) is 3. The molecule has 1 atom stereocenters. The largest absolute Gasteiger partial charge is 0.314 e. The molecule has 1 fully saturated rings. The Morgan fingerprint density at radius 2 is 2.23 bits per heavy atom. The molecule has 0 aliphatic carbocycles. The first-order valence-corrected chi connectivity index (χ1v) is 8.13. The van der Waals surface area contributed by atoms with Gasteiger partial charge in [-0.2, -0.15) is 0 Å². The molecule has 1 unspecified atom stereocenters. The molecule has 0 spiro atoms. The van der Waals surface area contributed by atoms with Crippen molar-refractivity contribution in [3.8, 4) is 0 Å². The van der Waals surface area contributed by atoms with Gasteiger partial charge in [0.25, 0.3) is 0 Å². The van der Waals surface area contributed by atoms with Crippen LogP contribution in [0.4, 0.5) is 0 Å². The first kappa shape index (κ1) is 17.4. The van der Waals surface area contributed by atoms with Gasteiger partial charge in [-0.15, -0.1) is 12.4 Å². The van der Waals surface area contributed by atoms with Crippen LogP contribution < -0.4 is 5.32 Å². The lowest BCUT2D eigenvalue weighted by Crippen LogP contribution is -2.45. The fourth-order valence-electron chi connectivity index (χ4n) is 2.89. The third-order valence-electron chi connectivity index (χ3n) is 4.10. The molecule has 1 aliphatic rings. The predicted octanol–water partition coefficient (Wildman–Crippen LogP) is 3.72. The summed E-state index contributed by atoms with van der Waals surface area (Å²) < 4.78 is 1.15. The highest BCUT2D eigenvalue weighted by atomic mass is 79.9. The van der Waals surface area contributed by atoms with Gasteiger partial charge in [-0.3, -0.25) is 9.88 Å². The van der Waals surface area contributed by atoms with Gasteiger partial charge in [0, 0.05) is 49.1 Å². The van der Waals surface area contributed by atoms with Gasteiger partial charge in [-0.05, 0) is 41.8 Å². The van der Waals surface area contributed by atoms with Crippen molar-refractivity contribution in [3.05, 3.63) is 63.9 Å². The normalized spacial score (nSPS) is 18.7. The third-order valence-corrected chi connectivity index (χ3v) is 4.59. The number of hydrogen-bond donors (Lipinski definition) is 1. The smallest absolute Gasteiger partial charge is 0.0491 e. The van der Waals surface area contributed by atoms with Crippen molar-refractivity contribution in [1.29, 1.82) is 0 Å². The zero-order chi connectivity index (χ0) is 14.7. The maximum absolute atomic E-state index is 4.27.